The smallest absolute Gasteiger partial charge is 0.259 e. The molecule has 3 rings (SSSR count). The highest BCUT2D eigenvalue weighted by molar-refractivity contribution is 6.32. The third-order valence-electron chi connectivity index (χ3n) is 3.57. The molecule has 0 aliphatic rings. The fourth-order valence-electron chi connectivity index (χ4n) is 2.42. The zero-order chi connectivity index (χ0) is 17.1. The van der Waals surface area contributed by atoms with Crippen molar-refractivity contribution in [2.75, 3.05) is 13.7 Å². The van der Waals surface area contributed by atoms with Gasteiger partial charge in [-0.3, -0.25) is 4.79 Å². The molecular formula is C18H17ClN2O3. The van der Waals surface area contributed by atoms with Crippen LogP contribution in [0.4, 0.5) is 0 Å². The average Bonchev–Trinajstić information content (AvgIpc) is 2.60. The van der Waals surface area contributed by atoms with E-state index >= 15 is 0 Å². The highest BCUT2D eigenvalue weighted by Crippen LogP contribution is 2.38. The first-order chi connectivity index (χ1) is 11.6. The van der Waals surface area contributed by atoms with Crippen LogP contribution in [0.15, 0.2) is 41.2 Å². The monoisotopic (exact) mass is 344 g/mol. The number of rotatable bonds is 5. The van der Waals surface area contributed by atoms with Crippen molar-refractivity contribution in [2.45, 2.75) is 13.3 Å². The van der Waals surface area contributed by atoms with Gasteiger partial charge in [0, 0.05) is 5.56 Å². The summed E-state index contributed by atoms with van der Waals surface area (Å²) in [5.74, 6) is 1.43. The number of para-hydroxylation sites is 1. The molecular weight excluding hydrogens is 328 g/mol. The van der Waals surface area contributed by atoms with Crippen molar-refractivity contribution < 1.29 is 9.47 Å². The Balaban J connectivity index is 2.13. The van der Waals surface area contributed by atoms with Crippen LogP contribution in [0, 0.1) is 0 Å². The summed E-state index contributed by atoms with van der Waals surface area (Å²) < 4.78 is 11.0. The van der Waals surface area contributed by atoms with E-state index in [0.29, 0.717) is 45.4 Å². The number of methoxy groups -OCH3 is 1. The molecule has 1 N–H and O–H groups in total. The lowest BCUT2D eigenvalue weighted by atomic mass is 10.1. The van der Waals surface area contributed by atoms with Gasteiger partial charge in [0.2, 0.25) is 0 Å². The molecule has 3 aromatic rings. The maximum Gasteiger partial charge on any atom is 0.259 e. The fourth-order valence-corrected chi connectivity index (χ4v) is 2.69. The standard InChI is InChI=1S/C18H17ClN2O3/c1-3-8-24-16-13(19)9-11(10-15(16)23-2)17-20-14-7-5-4-6-12(14)18(22)21-17/h4-7,9-10H,3,8H2,1-2H3,(H,20,21,22). The molecule has 0 saturated carbocycles. The van der Waals surface area contributed by atoms with Crippen LogP contribution < -0.4 is 15.0 Å². The minimum Gasteiger partial charge on any atom is -0.493 e. The van der Waals surface area contributed by atoms with Gasteiger partial charge >= 0.3 is 0 Å². The Morgan fingerprint density at radius 2 is 2.04 bits per heavy atom. The molecule has 124 valence electrons. The Kier molecular flexibility index (Phi) is 4.71. The predicted octanol–water partition coefficient (Wildman–Crippen LogP) is 4.04. The second-order valence-electron chi connectivity index (χ2n) is 5.27. The molecule has 2 aromatic carbocycles. The van der Waals surface area contributed by atoms with Gasteiger partial charge in [0.05, 0.1) is 29.6 Å². The number of hydrogen-bond donors (Lipinski definition) is 1. The van der Waals surface area contributed by atoms with Crippen molar-refractivity contribution in [2.24, 2.45) is 0 Å². The van der Waals surface area contributed by atoms with Gasteiger partial charge < -0.3 is 14.5 Å². The number of H-pyrrole nitrogens is 1. The third-order valence-corrected chi connectivity index (χ3v) is 3.85. The Bertz CT molecular complexity index is 937. The number of halogens is 1. The van der Waals surface area contributed by atoms with E-state index in [2.05, 4.69) is 9.97 Å². The van der Waals surface area contributed by atoms with Gasteiger partial charge in [-0.25, -0.2) is 4.98 Å². The van der Waals surface area contributed by atoms with E-state index in [1.54, 1.807) is 37.4 Å². The van der Waals surface area contributed by atoms with Gasteiger partial charge in [0.1, 0.15) is 5.82 Å². The summed E-state index contributed by atoms with van der Waals surface area (Å²) in [5.41, 5.74) is 1.08. The molecule has 0 spiro atoms. The van der Waals surface area contributed by atoms with Crippen LogP contribution >= 0.6 is 11.6 Å². The summed E-state index contributed by atoms with van der Waals surface area (Å²) in [7, 11) is 1.55. The first-order valence-corrected chi connectivity index (χ1v) is 8.01. The summed E-state index contributed by atoms with van der Waals surface area (Å²) in [4.78, 5) is 19.5. The van der Waals surface area contributed by atoms with Gasteiger partial charge in [-0.15, -0.1) is 0 Å². The maximum absolute atomic E-state index is 12.2. The van der Waals surface area contributed by atoms with E-state index in [0.717, 1.165) is 6.42 Å². The number of fused-ring (bicyclic) bond motifs is 1. The van der Waals surface area contributed by atoms with Crippen LogP contribution in [0.25, 0.3) is 22.3 Å². The second kappa shape index (κ2) is 6.93. The number of ether oxygens (including phenoxy) is 2. The molecule has 0 amide bonds. The van der Waals surface area contributed by atoms with E-state index in [1.165, 1.54) is 0 Å². The minimum atomic E-state index is -0.197. The predicted molar refractivity (Wildman–Crippen MR) is 95.1 cm³/mol. The molecule has 1 aromatic heterocycles. The van der Waals surface area contributed by atoms with Crippen molar-refractivity contribution in [1.29, 1.82) is 0 Å². The Labute approximate surface area is 144 Å². The van der Waals surface area contributed by atoms with Gasteiger partial charge in [-0.1, -0.05) is 30.7 Å². The number of aromatic amines is 1. The first-order valence-electron chi connectivity index (χ1n) is 7.63. The van der Waals surface area contributed by atoms with Crippen LogP contribution in [0.5, 0.6) is 11.5 Å². The maximum atomic E-state index is 12.2. The second-order valence-corrected chi connectivity index (χ2v) is 5.68. The van der Waals surface area contributed by atoms with Crippen LogP contribution in [0.1, 0.15) is 13.3 Å². The van der Waals surface area contributed by atoms with Gasteiger partial charge in [-0.2, -0.15) is 0 Å². The van der Waals surface area contributed by atoms with Gasteiger partial charge in [-0.05, 0) is 30.7 Å². The number of hydrogen-bond acceptors (Lipinski definition) is 4. The number of nitrogens with zero attached hydrogens (tertiary/aromatic N) is 1. The molecule has 5 nitrogen and oxygen atoms in total. The van der Waals surface area contributed by atoms with Crippen molar-refractivity contribution in [3.05, 3.63) is 51.8 Å². The number of benzene rings is 2. The van der Waals surface area contributed by atoms with Crippen LogP contribution in [0.3, 0.4) is 0 Å². The molecule has 6 heteroatoms. The highest BCUT2D eigenvalue weighted by Gasteiger charge is 2.14. The van der Waals surface area contributed by atoms with Crippen molar-refractivity contribution in [1.82, 2.24) is 9.97 Å². The van der Waals surface area contributed by atoms with E-state index in [-0.39, 0.29) is 5.56 Å². The quantitative estimate of drug-likeness (QED) is 0.758. The van der Waals surface area contributed by atoms with E-state index in [4.69, 9.17) is 21.1 Å². The van der Waals surface area contributed by atoms with Crippen LogP contribution in [-0.4, -0.2) is 23.7 Å². The molecule has 0 aliphatic carbocycles. The van der Waals surface area contributed by atoms with Gasteiger partial charge in [0.15, 0.2) is 11.5 Å². The molecule has 0 unspecified atom stereocenters. The lowest BCUT2D eigenvalue weighted by molar-refractivity contribution is 0.294. The normalized spacial score (nSPS) is 10.8. The van der Waals surface area contributed by atoms with E-state index < -0.39 is 0 Å². The average molecular weight is 345 g/mol. The zero-order valence-electron chi connectivity index (χ0n) is 13.4. The number of nitrogens with one attached hydrogen (secondary N) is 1. The third kappa shape index (κ3) is 3.08. The molecule has 0 bridgehead atoms. The summed E-state index contributed by atoms with van der Waals surface area (Å²) in [6.07, 6.45) is 0.862. The summed E-state index contributed by atoms with van der Waals surface area (Å²) >= 11 is 6.33. The zero-order valence-corrected chi connectivity index (χ0v) is 14.2. The SMILES string of the molecule is CCCOc1c(Cl)cc(-c2nc3ccccc3c(=O)[nH]2)cc1OC. The molecule has 0 atom stereocenters. The van der Waals surface area contributed by atoms with Gasteiger partial charge in [0.25, 0.3) is 5.56 Å². The Morgan fingerprint density at radius 1 is 1.25 bits per heavy atom. The topological polar surface area (TPSA) is 64.2 Å². The fraction of sp³-hybridized carbons (Fsp3) is 0.222. The lowest BCUT2D eigenvalue weighted by Crippen LogP contribution is -2.09. The highest BCUT2D eigenvalue weighted by atomic mass is 35.5. The summed E-state index contributed by atoms with van der Waals surface area (Å²) in [6.45, 7) is 2.55. The largest absolute Gasteiger partial charge is 0.493 e. The first kappa shape index (κ1) is 16.3. The van der Waals surface area contributed by atoms with Crippen molar-refractivity contribution in [3.63, 3.8) is 0 Å². The van der Waals surface area contributed by atoms with E-state index in [1.807, 2.05) is 13.0 Å². The molecule has 1 heterocycles. The molecule has 0 fully saturated rings. The van der Waals surface area contributed by atoms with Crippen molar-refractivity contribution >= 4 is 22.5 Å². The summed E-state index contributed by atoms with van der Waals surface area (Å²) in [6, 6.07) is 10.6. The molecule has 0 saturated heterocycles. The Morgan fingerprint density at radius 3 is 2.79 bits per heavy atom. The van der Waals surface area contributed by atoms with Crippen LogP contribution in [0.2, 0.25) is 5.02 Å². The molecule has 24 heavy (non-hydrogen) atoms. The Hall–Kier alpha value is -2.53. The number of aromatic nitrogens is 2. The van der Waals surface area contributed by atoms with Crippen molar-refractivity contribution in [3.8, 4) is 22.9 Å². The summed E-state index contributed by atoms with van der Waals surface area (Å²) in [5, 5.41) is 0.954. The lowest BCUT2D eigenvalue weighted by Gasteiger charge is -2.13. The van der Waals surface area contributed by atoms with Crippen LogP contribution in [-0.2, 0) is 0 Å². The molecule has 0 aliphatic heterocycles. The van der Waals surface area contributed by atoms with E-state index in [9.17, 15) is 4.79 Å². The minimum absolute atomic E-state index is 0.197. The molecule has 0 radical (unpaired) electrons.